The van der Waals surface area contributed by atoms with Crippen molar-refractivity contribution in [3.8, 4) is 0 Å². The molecule has 0 saturated carbocycles. The van der Waals surface area contributed by atoms with Crippen LogP contribution in [0.1, 0.15) is 11.1 Å². The number of amides is 3. The van der Waals surface area contributed by atoms with E-state index >= 15 is 0 Å². The summed E-state index contributed by atoms with van der Waals surface area (Å²) in [5.74, 6) is -0.329. The van der Waals surface area contributed by atoms with Crippen LogP contribution in [0.15, 0.2) is 54.2 Å². The number of halogens is 2. The van der Waals surface area contributed by atoms with Crippen LogP contribution in [0.3, 0.4) is 0 Å². The minimum absolute atomic E-state index is 0.213. The van der Waals surface area contributed by atoms with Crippen molar-refractivity contribution in [3.63, 3.8) is 0 Å². The summed E-state index contributed by atoms with van der Waals surface area (Å²) in [4.78, 5) is 25.7. The fraction of sp³-hybridized carbons (Fsp3) is 0.0588. The monoisotopic (exact) mass is 438 g/mol. The lowest BCUT2D eigenvalue weighted by Gasteiger charge is -2.11. The van der Waals surface area contributed by atoms with Gasteiger partial charge in [-0.2, -0.15) is 0 Å². The molecule has 1 heterocycles. The minimum Gasteiger partial charge on any atom is -0.303 e. The number of imide groups is 1. The fourth-order valence-corrected chi connectivity index (χ4v) is 2.90. The fourth-order valence-electron chi connectivity index (χ4n) is 2.24. The zero-order valence-corrected chi connectivity index (χ0v) is 14.8. The Labute approximate surface area is 152 Å². The summed E-state index contributed by atoms with van der Waals surface area (Å²) in [6, 6.07) is 14.3. The van der Waals surface area contributed by atoms with Crippen LogP contribution in [0.5, 0.6) is 0 Å². The maximum Gasteiger partial charge on any atom is 0.329 e. The van der Waals surface area contributed by atoms with Crippen molar-refractivity contribution in [2.75, 3.05) is 0 Å². The van der Waals surface area contributed by atoms with Crippen LogP contribution < -0.4 is 5.32 Å². The topological polar surface area (TPSA) is 49.4 Å². The van der Waals surface area contributed by atoms with Crippen LogP contribution in [-0.4, -0.2) is 16.8 Å². The second kappa shape index (κ2) is 6.72. The van der Waals surface area contributed by atoms with Gasteiger partial charge in [0.25, 0.3) is 5.91 Å². The largest absolute Gasteiger partial charge is 0.329 e. The van der Waals surface area contributed by atoms with E-state index in [1.807, 2.05) is 24.3 Å². The lowest BCUT2D eigenvalue weighted by Crippen LogP contribution is -2.30. The molecule has 3 amide bonds. The summed E-state index contributed by atoms with van der Waals surface area (Å²) >= 11 is 8.04. The smallest absolute Gasteiger partial charge is 0.303 e. The Hall–Kier alpha value is -1.86. The van der Waals surface area contributed by atoms with Crippen molar-refractivity contribution in [2.24, 2.45) is 0 Å². The molecule has 0 radical (unpaired) electrons. The molecule has 0 unspecified atom stereocenters. The van der Waals surface area contributed by atoms with Crippen LogP contribution in [0, 0.1) is 3.57 Å². The number of hydrogen-bond donors (Lipinski definition) is 1. The van der Waals surface area contributed by atoms with E-state index in [1.165, 1.54) is 4.90 Å². The highest BCUT2D eigenvalue weighted by atomic mass is 127. The molecule has 0 aliphatic carbocycles. The van der Waals surface area contributed by atoms with E-state index in [2.05, 4.69) is 27.9 Å². The molecule has 3 rings (SSSR count). The number of urea groups is 1. The van der Waals surface area contributed by atoms with Crippen molar-refractivity contribution < 1.29 is 9.59 Å². The molecule has 1 fully saturated rings. The van der Waals surface area contributed by atoms with Gasteiger partial charge in [-0.25, -0.2) is 4.79 Å². The Bertz CT molecular complexity index is 802. The van der Waals surface area contributed by atoms with Crippen molar-refractivity contribution in [2.45, 2.75) is 6.54 Å². The van der Waals surface area contributed by atoms with Crippen molar-refractivity contribution >= 4 is 52.2 Å². The van der Waals surface area contributed by atoms with Gasteiger partial charge in [0, 0.05) is 8.59 Å². The number of rotatable bonds is 3. The molecule has 1 aliphatic rings. The van der Waals surface area contributed by atoms with Gasteiger partial charge < -0.3 is 5.32 Å². The third kappa shape index (κ3) is 3.56. The average Bonchev–Trinajstić information content (AvgIpc) is 2.79. The molecule has 2 aromatic carbocycles. The number of hydrogen-bond acceptors (Lipinski definition) is 2. The molecule has 0 spiro atoms. The zero-order valence-electron chi connectivity index (χ0n) is 11.9. The van der Waals surface area contributed by atoms with Gasteiger partial charge in [0.05, 0.1) is 6.54 Å². The van der Waals surface area contributed by atoms with Gasteiger partial charge in [-0.3, -0.25) is 9.69 Å². The van der Waals surface area contributed by atoms with Gasteiger partial charge in [-0.15, -0.1) is 0 Å². The highest BCUT2D eigenvalue weighted by molar-refractivity contribution is 14.1. The molecule has 0 aromatic heterocycles. The lowest BCUT2D eigenvalue weighted by atomic mass is 10.2. The van der Waals surface area contributed by atoms with Gasteiger partial charge >= 0.3 is 6.03 Å². The summed E-state index contributed by atoms with van der Waals surface area (Å²) < 4.78 is 1.01. The maximum absolute atomic E-state index is 12.4. The van der Waals surface area contributed by atoms with Crippen LogP contribution in [-0.2, 0) is 11.3 Å². The molecule has 6 heteroatoms. The highest BCUT2D eigenvalue weighted by Gasteiger charge is 2.33. The molecule has 2 aromatic rings. The van der Waals surface area contributed by atoms with Crippen molar-refractivity contribution in [3.05, 3.63) is 73.9 Å². The van der Waals surface area contributed by atoms with Crippen LogP contribution >= 0.6 is 34.2 Å². The van der Waals surface area contributed by atoms with Gasteiger partial charge in [0.15, 0.2) is 0 Å². The second-order valence-corrected chi connectivity index (χ2v) is 6.63. The van der Waals surface area contributed by atoms with E-state index in [4.69, 9.17) is 11.6 Å². The SMILES string of the molecule is O=C1N/C(=C\c2ccccc2I)C(=O)N1Cc1ccc(Cl)cc1. The molecular formula is C17H12ClIN2O2. The maximum atomic E-state index is 12.4. The number of carbonyl (C=O) groups is 2. The third-order valence-corrected chi connectivity index (χ3v) is 4.66. The molecule has 4 nitrogen and oxygen atoms in total. The van der Waals surface area contributed by atoms with Gasteiger partial charge in [-0.05, 0) is 58.0 Å². The Kier molecular flexibility index (Phi) is 4.68. The standard InChI is InChI=1S/C17H12ClIN2O2/c18-13-7-5-11(6-8-13)10-21-16(22)15(20-17(21)23)9-12-3-1-2-4-14(12)19/h1-9H,10H2,(H,20,23)/b15-9-. The van der Waals surface area contributed by atoms with E-state index in [9.17, 15) is 9.59 Å². The predicted molar refractivity (Wildman–Crippen MR) is 97.7 cm³/mol. The van der Waals surface area contributed by atoms with Crippen molar-refractivity contribution in [1.29, 1.82) is 0 Å². The lowest BCUT2D eigenvalue weighted by molar-refractivity contribution is -0.123. The number of nitrogens with zero attached hydrogens (tertiary/aromatic N) is 1. The molecule has 0 bridgehead atoms. The van der Waals surface area contributed by atoms with Gasteiger partial charge in [-0.1, -0.05) is 41.9 Å². The van der Waals surface area contributed by atoms with Gasteiger partial charge in [0.1, 0.15) is 5.70 Å². The molecule has 116 valence electrons. The summed E-state index contributed by atoms with van der Waals surface area (Å²) in [6.45, 7) is 0.213. The Morgan fingerprint density at radius 2 is 1.78 bits per heavy atom. The second-order valence-electron chi connectivity index (χ2n) is 5.03. The Morgan fingerprint density at radius 3 is 2.48 bits per heavy atom. The molecule has 1 N–H and O–H groups in total. The van der Waals surface area contributed by atoms with E-state index < -0.39 is 6.03 Å². The molecule has 23 heavy (non-hydrogen) atoms. The van der Waals surface area contributed by atoms with Crippen molar-refractivity contribution in [1.82, 2.24) is 10.2 Å². The number of nitrogens with one attached hydrogen (secondary N) is 1. The molecule has 1 aliphatic heterocycles. The Morgan fingerprint density at radius 1 is 1.09 bits per heavy atom. The average molecular weight is 439 g/mol. The first kappa shape index (κ1) is 16.0. The summed E-state index contributed by atoms with van der Waals surface area (Å²) in [6.07, 6.45) is 1.70. The first-order chi connectivity index (χ1) is 11.0. The predicted octanol–water partition coefficient (Wildman–Crippen LogP) is 4.04. The van der Waals surface area contributed by atoms with E-state index in [0.29, 0.717) is 5.02 Å². The quantitative estimate of drug-likeness (QED) is 0.447. The Balaban J connectivity index is 1.82. The summed E-state index contributed by atoms with van der Waals surface area (Å²) in [5, 5.41) is 3.25. The molecular weight excluding hydrogens is 427 g/mol. The van der Waals surface area contributed by atoms with Crippen LogP contribution in [0.4, 0.5) is 4.79 Å². The summed E-state index contributed by atoms with van der Waals surface area (Å²) in [7, 11) is 0. The summed E-state index contributed by atoms with van der Waals surface area (Å²) in [5.41, 5.74) is 2.02. The van der Waals surface area contributed by atoms with E-state index in [-0.39, 0.29) is 18.1 Å². The molecule has 1 saturated heterocycles. The number of benzene rings is 2. The highest BCUT2D eigenvalue weighted by Crippen LogP contribution is 2.20. The normalized spacial score (nSPS) is 16.1. The third-order valence-electron chi connectivity index (χ3n) is 3.42. The van der Waals surface area contributed by atoms with E-state index in [1.54, 1.807) is 30.3 Å². The first-order valence-corrected chi connectivity index (χ1v) is 8.34. The zero-order chi connectivity index (χ0) is 16.4. The van der Waals surface area contributed by atoms with Gasteiger partial charge in [0.2, 0.25) is 0 Å². The van der Waals surface area contributed by atoms with Crippen LogP contribution in [0.25, 0.3) is 6.08 Å². The number of carbonyl (C=O) groups excluding carboxylic acids is 2. The molecule has 0 atom stereocenters. The van der Waals surface area contributed by atoms with E-state index in [0.717, 1.165) is 14.7 Å². The van der Waals surface area contributed by atoms with Crippen LogP contribution in [0.2, 0.25) is 5.02 Å². The first-order valence-electron chi connectivity index (χ1n) is 6.88. The minimum atomic E-state index is -0.415.